The van der Waals surface area contributed by atoms with Crippen LogP contribution in [0.15, 0.2) is 12.7 Å². The molecule has 4 heteroatoms. The molecule has 1 unspecified atom stereocenters. The normalized spacial score (nSPS) is 14.1. The van der Waals surface area contributed by atoms with Gasteiger partial charge in [0.2, 0.25) is 0 Å². The van der Waals surface area contributed by atoms with Crippen molar-refractivity contribution in [3.63, 3.8) is 0 Å². The zero-order valence-corrected chi connectivity index (χ0v) is 11.9. The molecule has 100 valence electrons. The summed E-state index contributed by atoms with van der Waals surface area (Å²) in [5.41, 5.74) is -0.662. The second-order valence-corrected chi connectivity index (χ2v) is 6.29. The highest BCUT2D eigenvalue weighted by molar-refractivity contribution is 5.67. The molecule has 0 aliphatic heterocycles. The minimum Gasteiger partial charge on any atom is -0.443 e. The lowest BCUT2D eigenvalue weighted by Crippen LogP contribution is -2.52. The Labute approximate surface area is 105 Å². The van der Waals surface area contributed by atoms with E-state index in [2.05, 4.69) is 6.58 Å². The molecule has 2 N–H and O–H groups in total. The number of nitrogens with two attached hydrogens (primary N) is 1. The molecule has 0 saturated carbocycles. The van der Waals surface area contributed by atoms with Gasteiger partial charge in [-0.25, -0.2) is 15.6 Å². The molecule has 4 nitrogen and oxygen atoms in total. The minimum atomic E-state index is -0.536. The Hall–Kier alpha value is -1.03. The van der Waals surface area contributed by atoms with Gasteiger partial charge in [-0.1, -0.05) is 26.8 Å². The molecule has 1 amide bonds. The summed E-state index contributed by atoms with van der Waals surface area (Å²) >= 11 is 0. The van der Waals surface area contributed by atoms with E-state index in [0.29, 0.717) is 6.42 Å². The predicted octanol–water partition coefficient (Wildman–Crippen LogP) is 3.09. The lowest BCUT2D eigenvalue weighted by molar-refractivity contribution is 0.00218. The summed E-state index contributed by atoms with van der Waals surface area (Å²) in [7, 11) is 0. The molecular weight excluding hydrogens is 216 g/mol. The topological polar surface area (TPSA) is 55.6 Å². The van der Waals surface area contributed by atoms with E-state index in [9.17, 15) is 4.79 Å². The monoisotopic (exact) mass is 242 g/mol. The van der Waals surface area contributed by atoms with E-state index in [1.807, 2.05) is 41.5 Å². The summed E-state index contributed by atoms with van der Waals surface area (Å²) in [6.45, 7) is 15.2. The molecule has 0 aliphatic rings. The van der Waals surface area contributed by atoms with Crippen molar-refractivity contribution in [1.82, 2.24) is 5.01 Å². The van der Waals surface area contributed by atoms with Crippen LogP contribution in [-0.2, 0) is 4.74 Å². The molecule has 0 radical (unpaired) electrons. The van der Waals surface area contributed by atoms with E-state index in [1.165, 1.54) is 5.01 Å². The van der Waals surface area contributed by atoms with E-state index >= 15 is 0 Å². The number of amides is 1. The smallest absolute Gasteiger partial charge is 0.424 e. The summed E-state index contributed by atoms with van der Waals surface area (Å²) in [5.74, 6) is 5.85. The highest BCUT2D eigenvalue weighted by Gasteiger charge is 2.33. The third-order valence-electron chi connectivity index (χ3n) is 2.33. The van der Waals surface area contributed by atoms with Gasteiger partial charge in [0, 0.05) is 0 Å². The summed E-state index contributed by atoms with van der Waals surface area (Å²) in [6.07, 6.45) is 1.90. The molecule has 0 aromatic rings. The highest BCUT2D eigenvalue weighted by atomic mass is 16.6. The van der Waals surface area contributed by atoms with Gasteiger partial charge in [-0.15, -0.1) is 6.58 Å². The molecule has 0 spiro atoms. The fraction of sp³-hybridized carbons (Fsp3) is 0.769. The van der Waals surface area contributed by atoms with Crippen molar-refractivity contribution in [3.8, 4) is 0 Å². The average molecular weight is 242 g/mol. The lowest BCUT2D eigenvalue weighted by Gasteiger charge is -2.37. The number of hydrogen-bond donors (Lipinski definition) is 1. The Morgan fingerprint density at radius 1 is 1.35 bits per heavy atom. The van der Waals surface area contributed by atoms with Gasteiger partial charge in [-0.2, -0.15) is 0 Å². The van der Waals surface area contributed by atoms with Gasteiger partial charge in [0.1, 0.15) is 5.60 Å². The van der Waals surface area contributed by atoms with Gasteiger partial charge in [-0.05, 0) is 32.6 Å². The number of ether oxygens (including phenoxy) is 1. The summed E-state index contributed by atoms with van der Waals surface area (Å²) in [6, 6.07) is -0.130. The van der Waals surface area contributed by atoms with Crippen molar-refractivity contribution in [2.45, 2.75) is 59.6 Å². The number of hydrazine groups is 1. The highest BCUT2D eigenvalue weighted by Crippen LogP contribution is 2.26. The quantitative estimate of drug-likeness (QED) is 0.358. The first-order chi connectivity index (χ1) is 7.49. The van der Waals surface area contributed by atoms with Crippen molar-refractivity contribution in [2.75, 3.05) is 0 Å². The van der Waals surface area contributed by atoms with Crippen molar-refractivity contribution in [3.05, 3.63) is 12.7 Å². The lowest BCUT2D eigenvalue weighted by atomic mass is 9.84. The third-order valence-corrected chi connectivity index (χ3v) is 2.33. The van der Waals surface area contributed by atoms with E-state index in [-0.39, 0.29) is 11.5 Å². The van der Waals surface area contributed by atoms with Crippen molar-refractivity contribution in [2.24, 2.45) is 11.3 Å². The van der Waals surface area contributed by atoms with Crippen molar-refractivity contribution >= 4 is 6.09 Å². The number of carbonyl (C=O) groups is 1. The predicted molar refractivity (Wildman–Crippen MR) is 70.3 cm³/mol. The van der Waals surface area contributed by atoms with E-state index in [0.717, 1.165) is 0 Å². The zero-order chi connectivity index (χ0) is 13.9. The Balaban J connectivity index is 4.79. The number of hydrogen-bond acceptors (Lipinski definition) is 3. The van der Waals surface area contributed by atoms with Crippen LogP contribution in [-0.4, -0.2) is 22.7 Å². The van der Waals surface area contributed by atoms with Gasteiger partial charge >= 0.3 is 6.09 Å². The maximum atomic E-state index is 11.9. The molecule has 0 bridgehead atoms. The van der Waals surface area contributed by atoms with Gasteiger partial charge in [-0.3, -0.25) is 0 Å². The van der Waals surface area contributed by atoms with Crippen molar-refractivity contribution in [1.29, 1.82) is 0 Å². The molecule has 0 heterocycles. The average Bonchev–Trinajstić information content (AvgIpc) is 2.08. The van der Waals surface area contributed by atoms with Crippen LogP contribution in [0.4, 0.5) is 4.79 Å². The fourth-order valence-corrected chi connectivity index (χ4v) is 1.48. The van der Waals surface area contributed by atoms with Crippen LogP contribution in [0.1, 0.15) is 48.0 Å². The second kappa shape index (κ2) is 5.54. The molecule has 0 fully saturated rings. The SMILES string of the molecule is C=CCC(N(N)C(=O)OC(C)(C)C)C(C)(C)C. The molecule has 0 aromatic carbocycles. The Kier molecular flexibility index (Phi) is 5.20. The van der Waals surface area contributed by atoms with Crippen LogP contribution in [0.3, 0.4) is 0 Å². The van der Waals surface area contributed by atoms with Gasteiger partial charge < -0.3 is 4.74 Å². The molecular formula is C13H26N2O2. The van der Waals surface area contributed by atoms with Crippen LogP contribution in [0, 0.1) is 5.41 Å². The standard InChI is InChI=1S/C13H26N2O2/c1-8-9-10(12(2,3)4)15(14)11(16)17-13(5,6)7/h8,10H,1,9,14H2,2-7H3. The maximum absolute atomic E-state index is 11.9. The van der Waals surface area contributed by atoms with Gasteiger partial charge in [0.25, 0.3) is 0 Å². The first-order valence-corrected chi connectivity index (χ1v) is 5.87. The van der Waals surface area contributed by atoms with Crippen LogP contribution >= 0.6 is 0 Å². The van der Waals surface area contributed by atoms with Crippen molar-refractivity contribution < 1.29 is 9.53 Å². The Morgan fingerprint density at radius 2 is 1.82 bits per heavy atom. The second-order valence-electron chi connectivity index (χ2n) is 6.29. The molecule has 0 aliphatic carbocycles. The molecule has 0 saturated heterocycles. The zero-order valence-electron chi connectivity index (χ0n) is 11.9. The fourth-order valence-electron chi connectivity index (χ4n) is 1.48. The largest absolute Gasteiger partial charge is 0.443 e. The van der Waals surface area contributed by atoms with Crippen LogP contribution < -0.4 is 5.84 Å². The number of rotatable bonds is 3. The van der Waals surface area contributed by atoms with E-state index in [4.69, 9.17) is 10.6 Å². The maximum Gasteiger partial charge on any atom is 0.424 e. The molecule has 0 aromatic heterocycles. The van der Waals surface area contributed by atoms with Crippen LogP contribution in [0.25, 0.3) is 0 Å². The van der Waals surface area contributed by atoms with Crippen LogP contribution in [0.2, 0.25) is 0 Å². The number of carbonyl (C=O) groups excluding carboxylic acids is 1. The summed E-state index contributed by atoms with van der Waals surface area (Å²) in [5, 5.41) is 1.17. The molecule has 1 atom stereocenters. The molecule has 17 heavy (non-hydrogen) atoms. The third kappa shape index (κ3) is 5.73. The first kappa shape index (κ1) is 16.0. The van der Waals surface area contributed by atoms with Gasteiger partial charge in [0.05, 0.1) is 6.04 Å². The summed E-state index contributed by atoms with van der Waals surface area (Å²) < 4.78 is 5.25. The summed E-state index contributed by atoms with van der Waals surface area (Å²) in [4.78, 5) is 11.9. The molecule has 0 rings (SSSR count). The van der Waals surface area contributed by atoms with E-state index in [1.54, 1.807) is 6.08 Å². The van der Waals surface area contributed by atoms with Gasteiger partial charge in [0.15, 0.2) is 0 Å². The number of nitrogens with zero attached hydrogens (tertiary/aromatic N) is 1. The first-order valence-electron chi connectivity index (χ1n) is 5.87. The minimum absolute atomic E-state index is 0.125. The Bertz CT molecular complexity index is 274. The Morgan fingerprint density at radius 3 is 2.12 bits per heavy atom. The van der Waals surface area contributed by atoms with E-state index < -0.39 is 11.7 Å². The van der Waals surface area contributed by atoms with Crippen LogP contribution in [0.5, 0.6) is 0 Å².